The number of hydrogen-bond donors (Lipinski definition) is 1. The zero-order valence-electron chi connectivity index (χ0n) is 18.2. The van der Waals surface area contributed by atoms with E-state index in [1.807, 2.05) is 0 Å². The normalized spacial score (nSPS) is 15.2. The maximum atomic E-state index is 13.3. The van der Waals surface area contributed by atoms with Gasteiger partial charge in [-0.25, -0.2) is 17.6 Å². The molecule has 227 valence electrons. The van der Waals surface area contributed by atoms with Gasteiger partial charge in [-0.05, 0) is 0 Å². The maximum Gasteiger partial charge on any atom is 0.381 e. The van der Waals surface area contributed by atoms with Crippen molar-refractivity contribution in [2.45, 2.75) is 60.1 Å². The van der Waals surface area contributed by atoms with Crippen LogP contribution < -0.4 is 0 Å². The minimum atomic E-state index is -6.99. The third-order valence-corrected chi connectivity index (χ3v) is 5.17. The van der Waals surface area contributed by atoms with Crippen molar-refractivity contribution in [3.63, 3.8) is 0 Å². The van der Waals surface area contributed by atoms with Gasteiger partial charge in [0.25, 0.3) is 10.1 Å². The summed E-state index contributed by atoms with van der Waals surface area (Å²) in [5, 5.41) is -3.66. The third-order valence-electron chi connectivity index (χ3n) is 4.09. The number of carbonyl (C=O) groups is 2. The molecule has 0 bridgehead atoms. The Bertz CT molecular complexity index is 972. The summed E-state index contributed by atoms with van der Waals surface area (Å²) in [6.45, 7) is -6.57. The summed E-state index contributed by atoms with van der Waals surface area (Å²) >= 11 is 0. The first kappa shape index (κ1) is 39.9. The molecule has 0 aromatic heterocycles. The maximum absolute atomic E-state index is 13.3. The van der Waals surface area contributed by atoms with Crippen molar-refractivity contribution in [2.75, 3.05) is 13.2 Å². The van der Waals surface area contributed by atoms with E-state index < -0.39 is 95.3 Å². The van der Waals surface area contributed by atoms with Crippen LogP contribution in [0.5, 0.6) is 0 Å². The summed E-state index contributed by atoms with van der Waals surface area (Å²) in [5.74, 6) is -45.8. The van der Waals surface area contributed by atoms with Crippen LogP contribution in [0, 0.1) is 0 Å². The predicted molar refractivity (Wildman–Crippen MR) is 89.3 cm³/mol. The van der Waals surface area contributed by atoms with Crippen LogP contribution in [0.1, 0.15) is 6.42 Å². The zero-order chi connectivity index (χ0) is 30.9. The molecule has 0 aromatic carbocycles. The molecule has 1 unspecified atom stereocenters. The molecule has 0 saturated heterocycles. The van der Waals surface area contributed by atoms with Gasteiger partial charge in [-0.2, -0.15) is 61.1 Å². The number of rotatable bonds is 14. The van der Waals surface area contributed by atoms with Gasteiger partial charge in [0.2, 0.25) is 0 Å². The van der Waals surface area contributed by atoms with Crippen LogP contribution >= 0.6 is 0 Å². The van der Waals surface area contributed by atoms with Gasteiger partial charge >= 0.3 is 60.3 Å². The molecule has 1 N–H and O–H groups in total. The molecule has 0 spiro atoms. The summed E-state index contributed by atoms with van der Waals surface area (Å²) in [5.41, 5.74) is 0. The molecular formula is C14H10F16NaO7S. The van der Waals surface area contributed by atoms with Crippen LogP contribution in [0.25, 0.3) is 0 Å². The molecule has 39 heavy (non-hydrogen) atoms. The van der Waals surface area contributed by atoms with Crippen molar-refractivity contribution in [3.05, 3.63) is 0 Å². The van der Waals surface area contributed by atoms with E-state index >= 15 is 0 Å². The molecule has 0 rings (SSSR count). The van der Waals surface area contributed by atoms with E-state index in [4.69, 9.17) is 4.55 Å². The molecule has 0 amide bonds. The molecule has 0 saturated carbocycles. The Morgan fingerprint density at radius 2 is 0.974 bits per heavy atom. The van der Waals surface area contributed by atoms with E-state index in [1.165, 1.54) is 0 Å². The first-order chi connectivity index (χ1) is 16.5. The number of carbonyl (C=O) groups excluding carboxylic acids is 2. The van der Waals surface area contributed by atoms with Crippen molar-refractivity contribution >= 4 is 51.6 Å². The fourth-order valence-electron chi connectivity index (χ4n) is 1.89. The first-order valence-corrected chi connectivity index (χ1v) is 10.1. The largest absolute Gasteiger partial charge is 0.459 e. The Balaban J connectivity index is 0. The predicted octanol–water partition coefficient (Wildman–Crippen LogP) is 3.68. The second kappa shape index (κ2) is 12.7. The quantitative estimate of drug-likeness (QED) is 0.133. The Morgan fingerprint density at radius 3 is 1.26 bits per heavy atom. The van der Waals surface area contributed by atoms with E-state index in [0.29, 0.717) is 0 Å². The average Bonchev–Trinajstić information content (AvgIpc) is 2.72. The minimum Gasteiger partial charge on any atom is -0.459 e. The van der Waals surface area contributed by atoms with Crippen molar-refractivity contribution in [2.24, 2.45) is 0 Å². The van der Waals surface area contributed by atoms with Crippen LogP contribution in [0.15, 0.2) is 0 Å². The molecule has 1 atom stereocenters. The van der Waals surface area contributed by atoms with Gasteiger partial charge in [-0.15, -0.1) is 0 Å². The number of hydrogen-bond acceptors (Lipinski definition) is 6. The molecule has 0 aliphatic carbocycles. The van der Waals surface area contributed by atoms with Crippen molar-refractivity contribution < 1.29 is 102 Å². The van der Waals surface area contributed by atoms with Crippen LogP contribution in [0.2, 0.25) is 0 Å². The van der Waals surface area contributed by atoms with Gasteiger partial charge in [0.05, 0.1) is 6.42 Å². The molecule has 0 aliphatic heterocycles. The molecule has 7 nitrogen and oxygen atoms in total. The molecule has 1 radical (unpaired) electrons. The second-order valence-electron chi connectivity index (χ2n) is 6.88. The fourth-order valence-corrected chi connectivity index (χ4v) is 2.55. The van der Waals surface area contributed by atoms with E-state index in [9.17, 15) is 88.3 Å². The summed E-state index contributed by atoms with van der Waals surface area (Å²) in [6, 6.07) is 0. The van der Waals surface area contributed by atoms with E-state index in [0.717, 1.165) is 0 Å². The molecule has 0 heterocycles. The summed E-state index contributed by atoms with van der Waals surface area (Å²) in [6.07, 6.45) is -13.3. The van der Waals surface area contributed by atoms with Crippen LogP contribution in [-0.2, 0) is 29.2 Å². The second-order valence-corrected chi connectivity index (χ2v) is 8.48. The van der Waals surface area contributed by atoms with Crippen molar-refractivity contribution in [1.82, 2.24) is 0 Å². The Morgan fingerprint density at radius 1 is 0.667 bits per heavy atom. The topological polar surface area (TPSA) is 107 Å². The van der Waals surface area contributed by atoms with E-state index in [-0.39, 0.29) is 29.6 Å². The van der Waals surface area contributed by atoms with Crippen LogP contribution in [0.4, 0.5) is 70.2 Å². The molecule has 0 aliphatic rings. The van der Waals surface area contributed by atoms with E-state index in [1.54, 1.807) is 0 Å². The third kappa shape index (κ3) is 8.38. The van der Waals surface area contributed by atoms with Crippen molar-refractivity contribution in [3.8, 4) is 0 Å². The first-order valence-electron chi connectivity index (χ1n) is 8.62. The van der Waals surface area contributed by atoms with Gasteiger partial charge in [0.1, 0.15) is 0 Å². The Kier molecular flexibility index (Phi) is 13.0. The summed E-state index contributed by atoms with van der Waals surface area (Å²) in [7, 11) is -6.15. The van der Waals surface area contributed by atoms with Gasteiger partial charge in [0.15, 0.2) is 18.5 Å². The van der Waals surface area contributed by atoms with Crippen LogP contribution in [-0.4, -0.2) is 121 Å². The number of ether oxygens (including phenoxy) is 2. The van der Waals surface area contributed by atoms with Gasteiger partial charge < -0.3 is 9.47 Å². The Hall–Kier alpha value is -1.27. The standard InChI is InChI=1S/C14H10F16O7S.Na/c15-7(16)11(23,24)13(27,28)9(19,20)2-36-5(31)1-4(38(33,34)35)6(32)37-3-10(21,22)14(29,30)12(25,26)8(17)18;/h4,7-8H,1-3H2,(H,33,34,35);. The number of halogens is 16. The molecular weight excluding hydrogens is 639 g/mol. The molecule has 25 heteroatoms. The SMILES string of the molecule is O=C(CC(C(=O)OCC(F)(F)C(F)(F)C(F)(F)C(F)F)S(=O)(=O)O)OCC(F)(F)C(F)(F)C(F)(F)C(F)F.[Na]. The van der Waals surface area contributed by atoms with Crippen molar-refractivity contribution in [1.29, 1.82) is 0 Å². The monoisotopic (exact) mass is 649 g/mol. The summed E-state index contributed by atoms with van der Waals surface area (Å²) in [4.78, 5) is 22.9. The smallest absolute Gasteiger partial charge is 0.381 e. The van der Waals surface area contributed by atoms with Crippen LogP contribution in [0.3, 0.4) is 0 Å². The summed E-state index contributed by atoms with van der Waals surface area (Å²) < 4.78 is 242. The average molecular weight is 649 g/mol. The molecule has 0 aromatic rings. The fraction of sp³-hybridized carbons (Fsp3) is 0.857. The Labute approximate surface area is 227 Å². The van der Waals surface area contributed by atoms with Gasteiger partial charge in [-0.1, -0.05) is 0 Å². The molecule has 0 fully saturated rings. The minimum absolute atomic E-state index is 0. The van der Waals surface area contributed by atoms with Gasteiger partial charge in [0, 0.05) is 29.6 Å². The number of alkyl halides is 16. The van der Waals surface area contributed by atoms with E-state index in [2.05, 4.69) is 9.47 Å². The van der Waals surface area contributed by atoms with Gasteiger partial charge in [-0.3, -0.25) is 14.1 Å². The number of esters is 2. The zero-order valence-corrected chi connectivity index (χ0v) is 21.0.